The van der Waals surface area contributed by atoms with E-state index in [1.165, 1.54) is 0 Å². The third-order valence-corrected chi connectivity index (χ3v) is 5.97. The lowest BCUT2D eigenvalue weighted by molar-refractivity contribution is -0.121. The summed E-state index contributed by atoms with van der Waals surface area (Å²) in [4.78, 5) is 14.2. The van der Waals surface area contributed by atoms with Gasteiger partial charge in [0, 0.05) is 13.1 Å². The molecular weight excluding hydrogens is 300 g/mol. The maximum atomic E-state index is 12.5. The van der Waals surface area contributed by atoms with Crippen LogP contribution in [0.3, 0.4) is 0 Å². The van der Waals surface area contributed by atoms with Crippen molar-refractivity contribution in [1.82, 2.24) is 4.72 Å². The molecule has 1 aromatic rings. The SMILES string of the molecule is CC[C@@H](C)NS(=O)(=O)c1cc(C)c2c(c1)C(C)(C)C(=O)N2C. The third-order valence-electron chi connectivity index (χ3n) is 4.40. The van der Waals surface area contributed by atoms with Crippen molar-refractivity contribution in [3.8, 4) is 0 Å². The molecule has 1 amide bonds. The molecule has 0 saturated carbocycles. The van der Waals surface area contributed by atoms with Gasteiger partial charge in [0.1, 0.15) is 0 Å². The molecule has 1 aliphatic heterocycles. The van der Waals surface area contributed by atoms with E-state index in [1.807, 2.05) is 34.6 Å². The van der Waals surface area contributed by atoms with Crippen LogP contribution in [0.15, 0.2) is 17.0 Å². The number of rotatable bonds is 4. The highest BCUT2D eigenvalue weighted by atomic mass is 32.2. The first-order valence-corrected chi connectivity index (χ1v) is 8.96. The zero-order chi connectivity index (χ0) is 16.9. The average Bonchev–Trinajstić information content (AvgIpc) is 2.60. The summed E-state index contributed by atoms with van der Waals surface area (Å²) in [5.41, 5.74) is 1.67. The quantitative estimate of drug-likeness (QED) is 0.924. The van der Waals surface area contributed by atoms with E-state index in [0.717, 1.165) is 23.2 Å². The first-order chi connectivity index (χ1) is 10.0. The van der Waals surface area contributed by atoms with Crippen molar-refractivity contribution < 1.29 is 13.2 Å². The monoisotopic (exact) mass is 324 g/mol. The summed E-state index contributed by atoms with van der Waals surface area (Å²) in [6, 6.07) is 3.14. The second kappa shape index (κ2) is 5.35. The maximum Gasteiger partial charge on any atom is 0.240 e. The molecule has 0 fully saturated rings. The Morgan fingerprint density at radius 2 is 1.91 bits per heavy atom. The fourth-order valence-corrected chi connectivity index (χ4v) is 4.31. The number of carbonyl (C=O) groups is 1. The highest BCUT2D eigenvalue weighted by Crippen LogP contribution is 2.43. The van der Waals surface area contributed by atoms with E-state index in [-0.39, 0.29) is 16.8 Å². The first-order valence-electron chi connectivity index (χ1n) is 7.48. The van der Waals surface area contributed by atoms with Gasteiger partial charge in [0.25, 0.3) is 0 Å². The molecule has 2 rings (SSSR count). The van der Waals surface area contributed by atoms with Crippen molar-refractivity contribution in [1.29, 1.82) is 0 Å². The standard InChI is InChI=1S/C16H24N2O3S/c1-7-11(3)17-22(20,21)12-8-10(2)14-13(9-12)16(4,5)15(19)18(14)6/h8-9,11,17H,7H2,1-6H3/t11-/m1/s1. The molecular formula is C16H24N2O3S. The topological polar surface area (TPSA) is 66.5 Å². The molecule has 22 heavy (non-hydrogen) atoms. The Morgan fingerprint density at radius 3 is 2.45 bits per heavy atom. The molecule has 0 spiro atoms. The van der Waals surface area contributed by atoms with Gasteiger partial charge in [0.15, 0.2) is 0 Å². The van der Waals surface area contributed by atoms with Crippen molar-refractivity contribution in [2.45, 2.75) is 57.4 Å². The van der Waals surface area contributed by atoms with Crippen LogP contribution in [0, 0.1) is 6.92 Å². The Bertz CT molecular complexity index is 723. The Hall–Kier alpha value is -1.40. The van der Waals surface area contributed by atoms with Crippen LogP contribution in [0.5, 0.6) is 0 Å². The molecule has 0 aromatic heterocycles. The van der Waals surface area contributed by atoms with Gasteiger partial charge in [0.2, 0.25) is 15.9 Å². The summed E-state index contributed by atoms with van der Waals surface area (Å²) in [6.45, 7) is 9.26. The second-order valence-electron chi connectivity index (χ2n) is 6.56. The van der Waals surface area contributed by atoms with Crippen LogP contribution < -0.4 is 9.62 Å². The number of hydrogen-bond donors (Lipinski definition) is 1. The molecule has 1 atom stereocenters. The van der Waals surface area contributed by atoms with E-state index in [1.54, 1.807) is 24.1 Å². The molecule has 6 heteroatoms. The van der Waals surface area contributed by atoms with Crippen LogP contribution in [0.2, 0.25) is 0 Å². The van der Waals surface area contributed by atoms with Gasteiger partial charge in [-0.1, -0.05) is 6.92 Å². The van der Waals surface area contributed by atoms with Gasteiger partial charge in [-0.25, -0.2) is 13.1 Å². The number of nitrogens with one attached hydrogen (secondary N) is 1. The molecule has 0 unspecified atom stereocenters. The summed E-state index contributed by atoms with van der Waals surface area (Å²) in [5, 5.41) is 0. The number of likely N-dealkylation sites (N-methyl/N-ethyl adjacent to an activating group) is 1. The van der Waals surface area contributed by atoms with E-state index >= 15 is 0 Å². The normalized spacial score (nSPS) is 18.5. The van der Waals surface area contributed by atoms with Gasteiger partial charge in [-0.15, -0.1) is 0 Å². The smallest absolute Gasteiger partial charge is 0.240 e. The van der Waals surface area contributed by atoms with Gasteiger partial charge in [-0.05, 0) is 57.4 Å². The van der Waals surface area contributed by atoms with Crippen LogP contribution in [-0.2, 0) is 20.2 Å². The summed E-state index contributed by atoms with van der Waals surface area (Å²) in [5.74, 6) is -0.0185. The Morgan fingerprint density at radius 1 is 1.32 bits per heavy atom. The number of sulfonamides is 1. The first kappa shape index (κ1) is 17.0. The van der Waals surface area contributed by atoms with Gasteiger partial charge in [-0.2, -0.15) is 0 Å². The van der Waals surface area contributed by atoms with Gasteiger partial charge in [0.05, 0.1) is 16.0 Å². The number of hydrogen-bond acceptors (Lipinski definition) is 3. The summed E-state index contributed by atoms with van der Waals surface area (Å²) >= 11 is 0. The zero-order valence-electron chi connectivity index (χ0n) is 14.0. The van der Waals surface area contributed by atoms with Crippen LogP contribution >= 0.6 is 0 Å². The number of nitrogens with zero attached hydrogens (tertiary/aromatic N) is 1. The van der Waals surface area contributed by atoms with Gasteiger partial charge in [-0.3, -0.25) is 4.79 Å². The van der Waals surface area contributed by atoms with Crippen LogP contribution in [-0.4, -0.2) is 27.4 Å². The lowest BCUT2D eigenvalue weighted by atomic mass is 9.85. The lowest BCUT2D eigenvalue weighted by Crippen LogP contribution is -2.33. The molecule has 0 saturated heterocycles. The molecule has 0 aliphatic carbocycles. The fraction of sp³-hybridized carbons (Fsp3) is 0.562. The van der Waals surface area contributed by atoms with Crippen LogP contribution in [0.25, 0.3) is 0 Å². The highest BCUT2D eigenvalue weighted by molar-refractivity contribution is 7.89. The fourth-order valence-electron chi connectivity index (χ4n) is 2.88. The molecule has 1 aromatic carbocycles. The Balaban J connectivity index is 2.59. The Kier molecular flexibility index (Phi) is 4.13. The minimum atomic E-state index is -3.58. The largest absolute Gasteiger partial charge is 0.314 e. The highest BCUT2D eigenvalue weighted by Gasteiger charge is 2.43. The van der Waals surface area contributed by atoms with Crippen molar-refractivity contribution in [3.63, 3.8) is 0 Å². The number of fused-ring (bicyclic) bond motifs is 1. The predicted octanol–water partition coefficient (Wildman–Crippen LogP) is 2.33. The van der Waals surface area contributed by atoms with Crippen molar-refractivity contribution >= 4 is 21.6 Å². The molecule has 1 N–H and O–H groups in total. The van der Waals surface area contributed by atoms with E-state index in [9.17, 15) is 13.2 Å². The molecule has 122 valence electrons. The summed E-state index contributed by atoms with van der Waals surface area (Å²) < 4.78 is 27.7. The maximum absolute atomic E-state index is 12.5. The Labute approximate surface area is 132 Å². The molecule has 0 bridgehead atoms. The van der Waals surface area contributed by atoms with Crippen LogP contribution in [0.1, 0.15) is 45.2 Å². The van der Waals surface area contributed by atoms with Crippen molar-refractivity contribution in [2.75, 3.05) is 11.9 Å². The molecule has 1 heterocycles. The number of carbonyl (C=O) groups excluding carboxylic acids is 1. The number of benzene rings is 1. The summed E-state index contributed by atoms with van der Waals surface area (Å²) in [7, 11) is -1.85. The lowest BCUT2D eigenvalue weighted by Gasteiger charge is -2.18. The van der Waals surface area contributed by atoms with Crippen molar-refractivity contribution in [3.05, 3.63) is 23.3 Å². The number of anilines is 1. The zero-order valence-corrected chi connectivity index (χ0v) is 14.8. The van der Waals surface area contributed by atoms with E-state index in [4.69, 9.17) is 0 Å². The molecule has 1 aliphatic rings. The molecule has 0 radical (unpaired) electrons. The average molecular weight is 324 g/mol. The number of aryl methyl sites for hydroxylation is 1. The minimum Gasteiger partial charge on any atom is -0.314 e. The second-order valence-corrected chi connectivity index (χ2v) is 8.27. The minimum absolute atomic E-state index is 0.0185. The van der Waals surface area contributed by atoms with Gasteiger partial charge < -0.3 is 4.90 Å². The van der Waals surface area contributed by atoms with Crippen LogP contribution in [0.4, 0.5) is 5.69 Å². The summed E-state index contributed by atoms with van der Waals surface area (Å²) in [6.07, 6.45) is 0.718. The van der Waals surface area contributed by atoms with Crippen molar-refractivity contribution in [2.24, 2.45) is 0 Å². The van der Waals surface area contributed by atoms with E-state index in [0.29, 0.717) is 0 Å². The van der Waals surface area contributed by atoms with E-state index < -0.39 is 15.4 Å². The predicted molar refractivity (Wildman–Crippen MR) is 87.7 cm³/mol. The molecule has 5 nitrogen and oxygen atoms in total. The van der Waals surface area contributed by atoms with E-state index in [2.05, 4.69) is 4.72 Å². The van der Waals surface area contributed by atoms with Gasteiger partial charge >= 0.3 is 0 Å². The number of amides is 1. The third kappa shape index (κ3) is 2.54.